The van der Waals surface area contributed by atoms with Gasteiger partial charge >= 0.3 is 6.36 Å². The molecule has 0 saturated carbocycles. The van der Waals surface area contributed by atoms with Crippen molar-refractivity contribution < 1.29 is 17.9 Å². The van der Waals surface area contributed by atoms with Gasteiger partial charge in [0.15, 0.2) is 0 Å². The Bertz CT molecular complexity index is 336. The Hall–Kier alpha value is -0.710. The van der Waals surface area contributed by atoms with Crippen LogP contribution >= 0.6 is 15.9 Å². The van der Waals surface area contributed by atoms with E-state index in [1.165, 1.54) is 6.07 Å². The first-order valence-corrected chi connectivity index (χ1v) is 5.52. The summed E-state index contributed by atoms with van der Waals surface area (Å²) in [5, 5.41) is 0.617. The average Bonchev–Trinajstić information content (AvgIpc) is 2.16. The highest BCUT2D eigenvalue weighted by Crippen LogP contribution is 2.28. The molecule has 0 spiro atoms. The van der Waals surface area contributed by atoms with Crippen LogP contribution in [0.5, 0.6) is 5.75 Å². The van der Waals surface area contributed by atoms with Gasteiger partial charge < -0.3 is 4.74 Å². The van der Waals surface area contributed by atoms with Gasteiger partial charge in [-0.25, -0.2) is 0 Å². The summed E-state index contributed by atoms with van der Waals surface area (Å²) in [5.41, 5.74) is 1.49. The van der Waals surface area contributed by atoms with Gasteiger partial charge in [0.25, 0.3) is 0 Å². The number of halogens is 4. The Labute approximate surface area is 94.4 Å². The summed E-state index contributed by atoms with van der Waals surface area (Å²) in [6.45, 7) is 1.79. The maximum absolute atomic E-state index is 12.0. The number of ether oxygens (including phenoxy) is 1. The molecule has 1 aromatic carbocycles. The average molecular weight is 283 g/mol. The highest BCUT2D eigenvalue weighted by atomic mass is 79.9. The zero-order valence-corrected chi connectivity index (χ0v) is 9.65. The number of hydrogen-bond donors (Lipinski definition) is 0. The summed E-state index contributed by atoms with van der Waals surface area (Å²) in [6.07, 6.45) is -4.12. The third-order valence-corrected chi connectivity index (χ3v) is 2.53. The van der Waals surface area contributed by atoms with Crippen molar-refractivity contribution in [3.63, 3.8) is 0 Å². The normalized spacial score (nSPS) is 11.5. The van der Waals surface area contributed by atoms with Crippen LogP contribution in [-0.4, -0.2) is 6.36 Å². The van der Waals surface area contributed by atoms with Crippen molar-refractivity contribution in [1.82, 2.24) is 0 Å². The monoisotopic (exact) mass is 282 g/mol. The maximum Gasteiger partial charge on any atom is 0.573 e. The van der Waals surface area contributed by atoms with Crippen molar-refractivity contribution in [1.29, 1.82) is 0 Å². The molecule has 15 heavy (non-hydrogen) atoms. The molecule has 5 heteroatoms. The molecule has 84 valence electrons. The molecule has 0 aliphatic heterocycles. The second-order valence-corrected chi connectivity index (χ2v) is 3.54. The highest BCUT2D eigenvalue weighted by Gasteiger charge is 2.31. The molecule has 0 bridgehead atoms. The van der Waals surface area contributed by atoms with Gasteiger partial charge in [0.1, 0.15) is 5.75 Å². The van der Waals surface area contributed by atoms with Crippen molar-refractivity contribution in [3.8, 4) is 5.75 Å². The van der Waals surface area contributed by atoms with Crippen LogP contribution in [0.2, 0.25) is 0 Å². The van der Waals surface area contributed by atoms with E-state index in [1.54, 1.807) is 19.1 Å². The lowest BCUT2D eigenvalue weighted by Gasteiger charge is -2.13. The Kier molecular flexibility index (Phi) is 4.02. The Morgan fingerprint density at radius 2 is 2.00 bits per heavy atom. The maximum atomic E-state index is 12.0. The summed E-state index contributed by atoms with van der Waals surface area (Å²) < 4.78 is 39.9. The Balaban J connectivity index is 2.97. The zero-order chi connectivity index (χ0) is 11.5. The standard InChI is InChI=1S/C10H10BrF3O/c1-2-8-5-7(6-11)3-4-9(8)15-10(12,13)14/h3-5H,2,6H2,1H3. The van der Waals surface area contributed by atoms with Crippen molar-refractivity contribution in [3.05, 3.63) is 29.3 Å². The second-order valence-electron chi connectivity index (χ2n) is 2.98. The van der Waals surface area contributed by atoms with Crippen LogP contribution in [0, 0.1) is 0 Å². The van der Waals surface area contributed by atoms with Crippen LogP contribution in [0.25, 0.3) is 0 Å². The quantitative estimate of drug-likeness (QED) is 0.761. The first-order chi connectivity index (χ1) is 6.96. The van der Waals surface area contributed by atoms with Crippen LogP contribution in [0.3, 0.4) is 0 Å². The smallest absolute Gasteiger partial charge is 0.406 e. The third kappa shape index (κ3) is 3.74. The third-order valence-electron chi connectivity index (χ3n) is 1.89. The van der Waals surface area contributed by atoms with E-state index in [0.29, 0.717) is 17.3 Å². The molecule has 0 amide bonds. The summed E-state index contributed by atoms with van der Waals surface area (Å²) in [5.74, 6) is -0.116. The molecular weight excluding hydrogens is 273 g/mol. The summed E-state index contributed by atoms with van der Waals surface area (Å²) >= 11 is 3.24. The molecule has 0 aliphatic rings. The lowest BCUT2D eigenvalue weighted by molar-refractivity contribution is -0.274. The molecular formula is C10H10BrF3O. The predicted molar refractivity (Wildman–Crippen MR) is 55.1 cm³/mol. The summed E-state index contributed by atoms with van der Waals surface area (Å²) in [4.78, 5) is 0. The minimum Gasteiger partial charge on any atom is -0.406 e. The largest absolute Gasteiger partial charge is 0.573 e. The fraction of sp³-hybridized carbons (Fsp3) is 0.400. The molecule has 0 N–H and O–H groups in total. The minimum atomic E-state index is -4.63. The number of hydrogen-bond acceptors (Lipinski definition) is 1. The molecule has 0 saturated heterocycles. The topological polar surface area (TPSA) is 9.23 Å². The van der Waals surface area contributed by atoms with Crippen molar-refractivity contribution >= 4 is 15.9 Å². The van der Waals surface area contributed by atoms with E-state index in [9.17, 15) is 13.2 Å². The molecule has 0 aromatic heterocycles. The van der Waals surface area contributed by atoms with E-state index in [-0.39, 0.29) is 5.75 Å². The van der Waals surface area contributed by atoms with Gasteiger partial charge in [0.05, 0.1) is 0 Å². The molecule has 0 aliphatic carbocycles. The van der Waals surface area contributed by atoms with Crippen LogP contribution in [-0.2, 0) is 11.8 Å². The molecule has 0 fully saturated rings. The summed E-state index contributed by atoms with van der Waals surface area (Å²) in [6, 6.07) is 4.66. The molecule has 1 aromatic rings. The fourth-order valence-corrected chi connectivity index (χ4v) is 1.57. The molecule has 0 heterocycles. The fourth-order valence-electron chi connectivity index (χ4n) is 1.22. The number of rotatable bonds is 3. The van der Waals surface area contributed by atoms with Crippen LogP contribution in [0.1, 0.15) is 18.1 Å². The summed E-state index contributed by atoms with van der Waals surface area (Å²) in [7, 11) is 0. The highest BCUT2D eigenvalue weighted by molar-refractivity contribution is 9.08. The van der Waals surface area contributed by atoms with E-state index >= 15 is 0 Å². The SMILES string of the molecule is CCc1cc(CBr)ccc1OC(F)(F)F. The van der Waals surface area contributed by atoms with Gasteiger partial charge in [-0.2, -0.15) is 0 Å². The number of benzene rings is 1. The van der Waals surface area contributed by atoms with Gasteiger partial charge in [-0.15, -0.1) is 13.2 Å². The molecule has 0 unspecified atom stereocenters. The van der Waals surface area contributed by atoms with Gasteiger partial charge in [-0.05, 0) is 23.6 Å². The van der Waals surface area contributed by atoms with Crippen molar-refractivity contribution in [2.75, 3.05) is 0 Å². The molecule has 1 rings (SSSR count). The van der Waals surface area contributed by atoms with Gasteiger partial charge in [-0.1, -0.05) is 35.0 Å². The predicted octanol–water partition coefficient (Wildman–Crippen LogP) is 4.04. The van der Waals surface area contributed by atoms with E-state index in [4.69, 9.17) is 0 Å². The van der Waals surface area contributed by atoms with Gasteiger partial charge in [-0.3, -0.25) is 0 Å². The van der Waals surface area contributed by atoms with Crippen LogP contribution < -0.4 is 4.74 Å². The van der Waals surface area contributed by atoms with E-state index < -0.39 is 6.36 Å². The molecule has 1 nitrogen and oxygen atoms in total. The van der Waals surface area contributed by atoms with Gasteiger partial charge in [0.2, 0.25) is 0 Å². The first-order valence-electron chi connectivity index (χ1n) is 4.39. The van der Waals surface area contributed by atoms with E-state index in [1.807, 2.05) is 0 Å². The van der Waals surface area contributed by atoms with E-state index in [2.05, 4.69) is 20.7 Å². The lowest BCUT2D eigenvalue weighted by atomic mass is 10.1. The minimum absolute atomic E-state index is 0.116. The molecule has 0 radical (unpaired) electrons. The van der Waals surface area contributed by atoms with Crippen molar-refractivity contribution in [2.45, 2.75) is 25.0 Å². The zero-order valence-electron chi connectivity index (χ0n) is 8.07. The van der Waals surface area contributed by atoms with Gasteiger partial charge in [0, 0.05) is 5.33 Å². The molecule has 0 atom stereocenters. The number of alkyl halides is 4. The number of aryl methyl sites for hydroxylation is 1. The van der Waals surface area contributed by atoms with Crippen molar-refractivity contribution in [2.24, 2.45) is 0 Å². The first kappa shape index (κ1) is 12.4. The lowest BCUT2D eigenvalue weighted by Crippen LogP contribution is -2.18. The Morgan fingerprint density at radius 1 is 1.33 bits per heavy atom. The Morgan fingerprint density at radius 3 is 2.47 bits per heavy atom. The van der Waals surface area contributed by atoms with E-state index in [0.717, 1.165) is 5.56 Å². The second kappa shape index (κ2) is 4.88. The van der Waals surface area contributed by atoms with Crippen LogP contribution in [0.15, 0.2) is 18.2 Å². The van der Waals surface area contributed by atoms with Crippen LogP contribution in [0.4, 0.5) is 13.2 Å².